The van der Waals surface area contributed by atoms with E-state index in [1.165, 1.54) is 12.1 Å². The monoisotopic (exact) mass is 581 g/mol. The van der Waals surface area contributed by atoms with Crippen molar-refractivity contribution in [3.63, 3.8) is 0 Å². The summed E-state index contributed by atoms with van der Waals surface area (Å²) in [7, 11) is -3.67. The maximum Gasteiger partial charge on any atom is 0.229 e. The molecule has 5 rings (SSSR count). The Balaban J connectivity index is 1.40. The molecule has 0 saturated carbocycles. The Morgan fingerprint density at radius 3 is 2.61 bits per heavy atom. The van der Waals surface area contributed by atoms with Gasteiger partial charge in [0, 0.05) is 78.0 Å². The van der Waals surface area contributed by atoms with Crippen LogP contribution in [-0.4, -0.2) is 73.4 Å². The number of hydrogen-bond donors (Lipinski definition) is 3. The Bertz CT molecular complexity index is 1660. The molecule has 214 valence electrons. The number of pyridine rings is 1. The molecule has 0 aliphatic carbocycles. The first-order valence-corrected chi connectivity index (χ1v) is 14.7. The average molecular weight is 582 g/mol. The molecule has 0 atom stereocenters. The minimum absolute atomic E-state index is 0.144. The molecule has 0 amide bonds. The summed E-state index contributed by atoms with van der Waals surface area (Å²) in [6.07, 6.45) is 12.2. The van der Waals surface area contributed by atoms with Crippen molar-refractivity contribution in [2.24, 2.45) is 0 Å². The minimum atomic E-state index is -3.67. The number of nitrogens with zero attached hydrogens (tertiary/aromatic N) is 4. The van der Waals surface area contributed by atoms with Crippen molar-refractivity contribution in [1.29, 1.82) is 5.41 Å². The van der Waals surface area contributed by atoms with E-state index in [9.17, 15) is 17.2 Å². The standard InChI is InChI=1S/C28H29F2N7O3S/c1-41(38,39)35-24-11-20(10-21(12-24)28-26(30)13-23(29)17-33-28)25(14-31)27-3-2-19(15-32-27)22-16-34-37(18-22)5-4-36-6-8-40-9-7-36/h2-3,10-18,31-32,35H,4-9H2,1H3/b27-25+,31-14?. The van der Waals surface area contributed by atoms with E-state index in [1.807, 2.05) is 17.0 Å². The van der Waals surface area contributed by atoms with Gasteiger partial charge in [-0.3, -0.25) is 19.3 Å². The number of anilines is 1. The molecule has 4 heterocycles. The molecule has 0 unspecified atom stereocenters. The molecule has 1 fully saturated rings. The van der Waals surface area contributed by atoms with Gasteiger partial charge in [0.1, 0.15) is 11.5 Å². The Hall–Kier alpha value is -4.20. The summed E-state index contributed by atoms with van der Waals surface area (Å²) in [5.74, 6) is -1.73. The van der Waals surface area contributed by atoms with Crippen LogP contribution in [-0.2, 0) is 21.3 Å². The molecule has 0 bridgehead atoms. The zero-order valence-corrected chi connectivity index (χ0v) is 23.1. The summed E-state index contributed by atoms with van der Waals surface area (Å²) in [6, 6.07) is 5.21. The van der Waals surface area contributed by atoms with Crippen molar-refractivity contribution >= 4 is 33.1 Å². The second kappa shape index (κ2) is 12.1. The number of ether oxygens (including phenoxy) is 1. The highest BCUT2D eigenvalue weighted by atomic mass is 32.2. The zero-order chi connectivity index (χ0) is 29.0. The van der Waals surface area contributed by atoms with E-state index < -0.39 is 21.7 Å². The van der Waals surface area contributed by atoms with E-state index in [4.69, 9.17) is 10.1 Å². The Kier molecular flexibility index (Phi) is 8.38. The van der Waals surface area contributed by atoms with E-state index in [0.29, 0.717) is 22.9 Å². The molecule has 0 radical (unpaired) electrons. The number of allylic oxidation sites excluding steroid dienone is 4. The summed E-state index contributed by atoms with van der Waals surface area (Å²) in [6.45, 7) is 4.99. The minimum Gasteiger partial charge on any atom is -0.379 e. The summed E-state index contributed by atoms with van der Waals surface area (Å²) in [5, 5.41) is 15.8. The maximum atomic E-state index is 14.6. The Morgan fingerprint density at radius 2 is 1.93 bits per heavy atom. The SMILES string of the molecule is CS(=O)(=O)Nc1cc(/C(C=N)=C2\C=CC(c3cnn(CCN4CCOCC4)c3)=CN2)cc(-c2ncc(F)cc2F)c1. The third-order valence-corrected chi connectivity index (χ3v) is 7.20. The van der Waals surface area contributed by atoms with E-state index in [0.717, 1.165) is 69.2 Å². The van der Waals surface area contributed by atoms with Crippen LogP contribution in [0.5, 0.6) is 0 Å². The number of nitrogens with one attached hydrogen (secondary N) is 3. The van der Waals surface area contributed by atoms with Gasteiger partial charge < -0.3 is 15.5 Å². The van der Waals surface area contributed by atoms with Crippen LogP contribution in [0.1, 0.15) is 11.1 Å². The zero-order valence-electron chi connectivity index (χ0n) is 22.3. The summed E-state index contributed by atoms with van der Waals surface area (Å²) < 4.78 is 61.6. The van der Waals surface area contributed by atoms with Crippen molar-refractivity contribution in [3.8, 4) is 11.3 Å². The highest BCUT2D eigenvalue weighted by molar-refractivity contribution is 7.92. The molecule has 2 aliphatic rings. The Morgan fingerprint density at radius 1 is 1.12 bits per heavy atom. The van der Waals surface area contributed by atoms with Crippen molar-refractivity contribution in [3.05, 3.63) is 89.7 Å². The lowest BCUT2D eigenvalue weighted by atomic mass is 9.97. The summed E-state index contributed by atoms with van der Waals surface area (Å²) in [5.41, 5.74) is 3.43. The predicted molar refractivity (Wildman–Crippen MR) is 153 cm³/mol. The average Bonchev–Trinajstić information content (AvgIpc) is 3.41. The number of morpholine rings is 1. The molecule has 0 spiro atoms. The fourth-order valence-electron chi connectivity index (χ4n) is 4.61. The first kappa shape index (κ1) is 28.3. The lowest BCUT2D eigenvalue weighted by Crippen LogP contribution is -2.38. The second-order valence-electron chi connectivity index (χ2n) is 9.65. The fourth-order valence-corrected chi connectivity index (χ4v) is 5.16. The van der Waals surface area contributed by atoms with E-state index in [2.05, 4.69) is 25.0 Å². The number of halogens is 2. The van der Waals surface area contributed by atoms with Crippen molar-refractivity contribution in [2.45, 2.75) is 6.54 Å². The van der Waals surface area contributed by atoms with Gasteiger partial charge in [-0.2, -0.15) is 5.10 Å². The molecule has 10 nitrogen and oxygen atoms in total. The number of hydrogen-bond acceptors (Lipinski definition) is 8. The first-order chi connectivity index (χ1) is 19.7. The molecule has 1 saturated heterocycles. The van der Waals surface area contributed by atoms with Gasteiger partial charge in [0.2, 0.25) is 10.0 Å². The predicted octanol–water partition coefficient (Wildman–Crippen LogP) is 3.49. The molecule has 2 aromatic heterocycles. The van der Waals surface area contributed by atoms with Crippen LogP contribution in [0.15, 0.2) is 66.9 Å². The van der Waals surface area contributed by atoms with Crippen LogP contribution in [0.25, 0.3) is 22.4 Å². The van der Waals surface area contributed by atoms with Crippen LogP contribution in [0.4, 0.5) is 14.5 Å². The largest absolute Gasteiger partial charge is 0.379 e. The lowest BCUT2D eigenvalue weighted by Gasteiger charge is -2.26. The van der Waals surface area contributed by atoms with Crippen LogP contribution < -0.4 is 10.0 Å². The molecule has 3 aromatic rings. The van der Waals surface area contributed by atoms with Crippen LogP contribution >= 0.6 is 0 Å². The van der Waals surface area contributed by atoms with Gasteiger partial charge >= 0.3 is 0 Å². The van der Waals surface area contributed by atoms with Crippen molar-refractivity contribution < 1.29 is 21.9 Å². The number of aromatic nitrogens is 3. The van der Waals surface area contributed by atoms with Gasteiger partial charge in [-0.25, -0.2) is 17.2 Å². The maximum absolute atomic E-state index is 14.6. The number of dihydropyridines is 1. The molecular formula is C28H29F2N7O3S. The number of rotatable bonds is 9. The second-order valence-corrected chi connectivity index (χ2v) is 11.4. The highest BCUT2D eigenvalue weighted by Crippen LogP contribution is 2.31. The smallest absolute Gasteiger partial charge is 0.229 e. The van der Waals surface area contributed by atoms with Crippen molar-refractivity contribution in [2.75, 3.05) is 43.8 Å². The molecule has 2 aliphatic heterocycles. The quantitative estimate of drug-likeness (QED) is 0.331. The topological polar surface area (TPSA) is 125 Å². The molecule has 13 heteroatoms. The Labute approximate surface area is 236 Å². The normalized spacial score (nSPS) is 17.1. The van der Waals surface area contributed by atoms with Crippen molar-refractivity contribution in [1.82, 2.24) is 25.0 Å². The molecular weight excluding hydrogens is 552 g/mol. The fraction of sp³-hybridized carbons (Fsp3) is 0.250. The van der Waals surface area contributed by atoms with Crippen LogP contribution in [0, 0.1) is 17.0 Å². The van der Waals surface area contributed by atoms with Gasteiger partial charge in [-0.05, 0) is 29.8 Å². The van der Waals surface area contributed by atoms with Crippen LogP contribution in [0.3, 0.4) is 0 Å². The third-order valence-electron chi connectivity index (χ3n) is 6.59. The first-order valence-electron chi connectivity index (χ1n) is 12.9. The molecule has 3 N–H and O–H groups in total. The third kappa shape index (κ3) is 7.12. The van der Waals surface area contributed by atoms with Crippen LogP contribution in [0.2, 0.25) is 0 Å². The molecule has 41 heavy (non-hydrogen) atoms. The van der Waals surface area contributed by atoms with E-state index >= 15 is 0 Å². The van der Waals surface area contributed by atoms with Gasteiger partial charge in [-0.1, -0.05) is 6.08 Å². The highest BCUT2D eigenvalue weighted by Gasteiger charge is 2.17. The van der Waals surface area contributed by atoms with Gasteiger partial charge in [0.25, 0.3) is 0 Å². The van der Waals surface area contributed by atoms with Gasteiger partial charge in [0.15, 0.2) is 5.82 Å². The summed E-state index contributed by atoms with van der Waals surface area (Å²) >= 11 is 0. The van der Waals surface area contributed by atoms with Gasteiger partial charge in [-0.15, -0.1) is 0 Å². The van der Waals surface area contributed by atoms with E-state index in [1.54, 1.807) is 24.5 Å². The van der Waals surface area contributed by atoms with Gasteiger partial charge in [0.05, 0.1) is 38.4 Å². The number of benzene rings is 1. The number of sulfonamides is 1. The van der Waals surface area contributed by atoms with E-state index in [-0.39, 0.29) is 16.9 Å². The molecule has 1 aromatic carbocycles. The lowest BCUT2D eigenvalue weighted by molar-refractivity contribution is 0.0359. The summed E-state index contributed by atoms with van der Waals surface area (Å²) in [4.78, 5) is 6.20.